The van der Waals surface area contributed by atoms with Crippen LogP contribution in [-0.2, 0) is 17.1 Å². The van der Waals surface area contributed by atoms with Gasteiger partial charge in [0.25, 0.3) is 5.91 Å². The van der Waals surface area contributed by atoms with E-state index in [9.17, 15) is 13.2 Å². The summed E-state index contributed by atoms with van der Waals surface area (Å²) in [6.07, 6.45) is 2.82. The zero-order chi connectivity index (χ0) is 20.5. The Hall–Kier alpha value is -2.12. The third kappa shape index (κ3) is 4.00. The molecule has 0 bridgehead atoms. The quantitative estimate of drug-likeness (QED) is 0.823. The summed E-state index contributed by atoms with van der Waals surface area (Å²) in [6.45, 7) is 7.06. The van der Waals surface area contributed by atoms with Crippen molar-refractivity contribution in [3.63, 3.8) is 0 Å². The van der Waals surface area contributed by atoms with Crippen LogP contribution < -0.4 is 5.32 Å². The fourth-order valence-corrected chi connectivity index (χ4v) is 5.33. The number of hydrogen-bond acceptors (Lipinski definition) is 3. The number of nitrogens with one attached hydrogen (secondary N) is 1. The topological polar surface area (TPSA) is 71.4 Å². The fourth-order valence-electron chi connectivity index (χ4n) is 3.54. The Morgan fingerprint density at radius 2 is 1.68 bits per heavy atom. The van der Waals surface area contributed by atoms with Gasteiger partial charge in [-0.05, 0) is 49.4 Å². The first kappa shape index (κ1) is 20.6. The normalized spacial score (nSPS) is 15.8. The number of benzene rings is 1. The average Bonchev–Trinajstić information content (AvgIpc) is 2.98. The smallest absolute Gasteiger partial charge is 0.272 e. The maximum atomic E-state index is 13.0. The highest BCUT2D eigenvalue weighted by molar-refractivity contribution is 7.89. The number of anilines is 1. The first-order chi connectivity index (χ1) is 13.2. The van der Waals surface area contributed by atoms with Crippen LogP contribution in [0.25, 0.3) is 0 Å². The van der Waals surface area contributed by atoms with Gasteiger partial charge in [-0.3, -0.25) is 4.79 Å². The van der Waals surface area contributed by atoms with Gasteiger partial charge in [0.1, 0.15) is 10.6 Å². The molecule has 3 rings (SSSR count). The minimum atomic E-state index is -3.58. The van der Waals surface area contributed by atoms with Crippen LogP contribution in [0.3, 0.4) is 0 Å². The third-order valence-corrected chi connectivity index (χ3v) is 7.50. The van der Waals surface area contributed by atoms with E-state index in [0.29, 0.717) is 36.1 Å². The molecule has 1 aliphatic rings. The van der Waals surface area contributed by atoms with Crippen molar-refractivity contribution in [2.75, 3.05) is 18.4 Å². The van der Waals surface area contributed by atoms with E-state index in [2.05, 4.69) is 19.2 Å². The molecule has 0 saturated carbocycles. The summed E-state index contributed by atoms with van der Waals surface area (Å²) in [5.74, 6) is 0.103. The third-order valence-electron chi connectivity index (χ3n) is 5.49. The van der Waals surface area contributed by atoms with Crippen LogP contribution in [-0.4, -0.2) is 36.3 Å². The second-order valence-corrected chi connectivity index (χ2v) is 9.64. The van der Waals surface area contributed by atoms with E-state index in [1.54, 1.807) is 18.5 Å². The molecule has 1 aliphatic heterocycles. The zero-order valence-electron chi connectivity index (χ0n) is 17.0. The van der Waals surface area contributed by atoms with E-state index in [1.807, 2.05) is 24.3 Å². The van der Waals surface area contributed by atoms with E-state index in [0.717, 1.165) is 19.3 Å². The Morgan fingerprint density at radius 3 is 2.25 bits per heavy atom. The summed E-state index contributed by atoms with van der Waals surface area (Å²) in [5.41, 5.74) is 2.79. The number of carbonyl (C=O) groups is 1. The lowest BCUT2D eigenvalue weighted by molar-refractivity contribution is 0.101. The lowest BCUT2D eigenvalue weighted by Crippen LogP contribution is -2.35. The molecule has 1 aromatic heterocycles. The molecule has 1 aromatic carbocycles. The van der Waals surface area contributed by atoms with Gasteiger partial charge < -0.3 is 9.88 Å². The molecule has 1 amide bonds. The zero-order valence-corrected chi connectivity index (χ0v) is 17.8. The van der Waals surface area contributed by atoms with Crippen LogP contribution >= 0.6 is 0 Å². The standard InChI is InChI=1S/C21H29N3O3S/c1-15(2)17-8-10-18(11-9-17)22-21(25)19-14-20(16(3)23(19)4)28(26,27)24-12-6-5-7-13-24/h8-11,14-15H,5-7,12-13H2,1-4H3,(H,22,25). The van der Waals surface area contributed by atoms with Crippen molar-refractivity contribution in [1.29, 1.82) is 0 Å². The summed E-state index contributed by atoms with van der Waals surface area (Å²) in [4.78, 5) is 13.0. The number of carbonyl (C=O) groups excluding carboxylic acids is 1. The predicted octanol–water partition coefficient (Wildman–Crippen LogP) is 3.88. The summed E-state index contributed by atoms with van der Waals surface area (Å²) >= 11 is 0. The second kappa shape index (κ2) is 8.09. The van der Waals surface area contributed by atoms with Crippen LogP contribution in [0.2, 0.25) is 0 Å². The van der Waals surface area contributed by atoms with Gasteiger partial charge in [-0.1, -0.05) is 32.4 Å². The Bertz CT molecular complexity index is 954. The first-order valence-electron chi connectivity index (χ1n) is 9.79. The fraction of sp³-hybridized carbons (Fsp3) is 0.476. The molecule has 0 aliphatic carbocycles. The summed E-state index contributed by atoms with van der Waals surface area (Å²) in [7, 11) is -1.86. The molecule has 7 heteroatoms. The van der Waals surface area contributed by atoms with Crippen LogP contribution in [0.15, 0.2) is 35.2 Å². The molecule has 0 spiro atoms. The first-order valence-corrected chi connectivity index (χ1v) is 11.2. The Balaban J connectivity index is 1.84. The Kier molecular flexibility index (Phi) is 5.95. The van der Waals surface area contributed by atoms with Crippen molar-refractivity contribution in [3.8, 4) is 0 Å². The van der Waals surface area contributed by atoms with Gasteiger partial charge in [-0.25, -0.2) is 8.42 Å². The average molecular weight is 404 g/mol. The lowest BCUT2D eigenvalue weighted by Gasteiger charge is -2.25. The Labute approximate surface area is 167 Å². The van der Waals surface area contributed by atoms with Gasteiger partial charge in [0.2, 0.25) is 10.0 Å². The highest BCUT2D eigenvalue weighted by Gasteiger charge is 2.30. The molecule has 0 unspecified atom stereocenters. The van der Waals surface area contributed by atoms with E-state index in [-0.39, 0.29) is 10.8 Å². The minimum absolute atomic E-state index is 0.220. The molecule has 2 aromatic rings. The Morgan fingerprint density at radius 1 is 1.07 bits per heavy atom. The number of sulfonamides is 1. The highest BCUT2D eigenvalue weighted by Crippen LogP contribution is 2.26. The molecule has 1 fully saturated rings. The molecular formula is C21H29N3O3S. The number of hydrogen-bond donors (Lipinski definition) is 1. The molecule has 6 nitrogen and oxygen atoms in total. The maximum absolute atomic E-state index is 13.0. The van der Waals surface area contributed by atoms with Crippen molar-refractivity contribution in [2.45, 2.75) is 50.8 Å². The van der Waals surface area contributed by atoms with Crippen molar-refractivity contribution in [3.05, 3.63) is 47.3 Å². The maximum Gasteiger partial charge on any atom is 0.272 e. The van der Waals surface area contributed by atoms with Gasteiger partial charge >= 0.3 is 0 Å². The monoisotopic (exact) mass is 403 g/mol. The van der Waals surface area contributed by atoms with E-state index < -0.39 is 10.0 Å². The van der Waals surface area contributed by atoms with Crippen molar-refractivity contribution < 1.29 is 13.2 Å². The lowest BCUT2D eigenvalue weighted by atomic mass is 10.0. The molecule has 1 N–H and O–H groups in total. The van der Waals surface area contributed by atoms with Gasteiger partial charge in [0.05, 0.1) is 0 Å². The molecule has 0 atom stereocenters. The molecule has 1 saturated heterocycles. The summed E-state index contributed by atoms with van der Waals surface area (Å²) in [5, 5.41) is 2.87. The van der Waals surface area contributed by atoms with Gasteiger partial charge in [0, 0.05) is 31.5 Å². The number of piperidine rings is 1. The molecule has 28 heavy (non-hydrogen) atoms. The van der Waals surface area contributed by atoms with Gasteiger partial charge in [-0.2, -0.15) is 4.31 Å². The number of rotatable bonds is 5. The van der Waals surface area contributed by atoms with Gasteiger partial charge in [-0.15, -0.1) is 0 Å². The van der Waals surface area contributed by atoms with Crippen molar-refractivity contribution in [1.82, 2.24) is 8.87 Å². The molecule has 0 radical (unpaired) electrons. The molecule has 152 valence electrons. The van der Waals surface area contributed by atoms with Crippen molar-refractivity contribution in [2.24, 2.45) is 7.05 Å². The number of nitrogens with zero attached hydrogens (tertiary/aromatic N) is 2. The van der Waals surface area contributed by atoms with Crippen LogP contribution in [0, 0.1) is 6.92 Å². The highest BCUT2D eigenvalue weighted by atomic mass is 32.2. The van der Waals surface area contributed by atoms with Crippen molar-refractivity contribution >= 4 is 21.6 Å². The minimum Gasteiger partial charge on any atom is -0.343 e. The largest absolute Gasteiger partial charge is 0.343 e. The van der Waals surface area contributed by atoms with Crippen LogP contribution in [0.4, 0.5) is 5.69 Å². The predicted molar refractivity (Wildman–Crippen MR) is 111 cm³/mol. The van der Waals surface area contributed by atoms with Gasteiger partial charge in [0.15, 0.2) is 0 Å². The SMILES string of the molecule is Cc1c(S(=O)(=O)N2CCCCC2)cc(C(=O)Nc2ccc(C(C)C)cc2)n1C. The van der Waals surface area contributed by atoms with Crippen LogP contribution in [0.1, 0.15) is 60.8 Å². The number of amides is 1. The summed E-state index contributed by atoms with van der Waals surface area (Å²) in [6, 6.07) is 9.21. The molecular weight excluding hydrogens is 374 g/mol. The van der Waals surface area contributed by atoms with E-state index in [1.165, 1.54) is 15.9 Å². The summed E-state index contributed by atoms with van der Waals surface area (Å²) < 4.78 is 29.3. The van der Waals surface area contributed by atoms with Crippen LogP contribution in [0.5, 0.6) is 0 Å². The number of aromatic nitrogens is 1. The van der Waals surface area contributed by atoms with E-state index in [4.69, 9.17) is 0 Å². The second-order valence-electron chi connectivity index (χ2n) is 7.73. The van der Waals surface area contributed by atoms with E-state index >= 15 is 0 Å². The molecule has 2 heterocycles.